The number of carbonyl (C=O) groups excluding carboxylic acids is 2. The van der Waals surface area contributed by atoms with Crippen LogP contribution in [0, 0.1) is 5.82 Å². The first kappa shape index (κ1) is 24.2. The number of benzene rings is 3. The number of rotatable bonds is 9. The van der Waals surface area contributed by atoms with Gasteiger partial charge in [-0.1, -0.05) is 66.4 Å². The van der Waals surface area contributed by atoms with Crippen molar-refractivity contribution in [2.75, 3.05) is 17.6 Å². The van der Waals surface area contributed by atoms with E-state index in [1.165, 1.54) is 17.8 Å². The molecule has 0 aliphatic rings. The van der Waals surface area contributed by atoms with Gasteiger partial charge in [-0.05, 0) is 36.2 Å². The Hall–Kier alpha value is -3.98. The minimum Gasteiger partial charge on any atom is -0.352 e. The first-order valence-corrected chi connectivity index (χ1v) is 12.0. The summed E-state index contributed by atoms with van der Waals surface area (Å²) in [7, 11) is 1.72. The summed E-state index contributed by atoms with van der Waals surface area (Å²) in [5.74, 6) is -0.519. The van der Waals surface area contributed by atoms with Gasteiger partial charge in [0.05, 0.1) is 22.6 Å². The molecule has 2 N–H and O–H groups in total. The number of aromatic nitrogens is 3. The monoisotopic (exact) mass is 489 g/mol. The fourth-order valence-corrected chi connectivity index (χ4v) is 4.20. The van der Waals surface area contributed by atoms with Crippen LogP contribution in [0.5, 0.6) is 0 Å². The molecule has 4 aromatic rings. The fourth-order valence-electron chi connectivity index (χ4n) is 3.48. The Bertz CT molecular complexity index is 1330. The summed E-state index contributed by atoms with van der Waals surface area (Å²) in [5, 5.41) is 14.3. The molecule has 0 bridgehead atoms. The van der Waals surface area contributed by atoms with Crippen molar-refractivity contribution in [3.8, 4) is 11.4 Å². The van der Waals surface area contributed by atoms with E-state index in [-0.39, 0.29) is 17.6 Å². The van der Waals surface area contributed by atoms with Crippen molar-refractivity contribution in [2.24, 2.45) is 7.05 Å². The number of amides is 2. The van der Waals surface area contributed by atoms with Crippen LogP contribution in [0.15, 0.2) is 84.0 Å². The molecule has 178 valence electrons. The lowest BCUT2D eigenvalue weighted by Gasteiger charge is -2.11. The molecule has 4 rings (SSSR count). The molecule has 35 heavy (non-hydrogen) atoms. The Labute approximate surface area is 206 Å². The second-order valence-corrected chi connectivity index (χ2v) is 8.66. The number of hydrogen-bond acceptors (Lipinski definition) is 5. The molecule has 0 aliphatic heterocycles. The second kappa shape index (κ2) is 11.4. The minimum atomic E-state index is -0.393. The highest BCUT2D eigenvalue weighted by atomic mass is 32.2. The van der Waals surface area contributed by atoms with Gasteiger partial charge in [-0.25, -0.2) is 4.39 Å². The van der Waals surface area contributed by atoms with Crippen LogP contribution in [0.25, 0.3) is 11.4 Å². The highest BCUT2D eigenvalue weighted by molar-refractivity contribution is 7.99. The van der Waals surface area contributed by atoms with E-state index in [0.29, 0.717) is 40.8 Å². The Kier molecular flexibility index (Phi) is 7.89. The van der Waals surface area contributed by atoms with Gasteiger partial charge in [0.25, 0.3) is 5.91 Å². The Morgan fingerprint density at radius 1 is 0.943 bits per heavy atom. The third-order valence-corrected chi connectivity index (χ3v) is 6.29. The maximum atomic E-state index is 14.1. The van der Waals surface area contributed by atoms with E-state index in [1.807, 2.05) is 30.3 Å². The van der Waals surface area contributed by atoms with Crippen molar-refractivity contribution < 1.29 is 14.0 Å². The Morgan fingerprint density at radius 3 is 2.46 bits per heavy atom. The van der Waals surface area contributed by atoms with E-state index >= 15 is 0 Å². The van der Waals surface area contributed by atoms with Gasteiger partial charge in [0, 0.05) is 13.6 Å². The van der Waals surface area contributed by atoms with Gasteiger partial charge in [-0.3, -0.25) is 9.59 Å². The molecule has 0 saturated heterocycles. The maximum Gasteiger partial charge on any atom is 0.253 e. The summed E-state index contributed by atoms with van der Waals surface area (Å²) in [4.78, 5) is 25.3. The second-order valence-electron chi connectivity index (χ2n) is 7.72. The minimum absolute atomic E-state index is 0.0488. The van der Waals surface area contributed by atoms with Crippen LogP contribution >= 0.6 is 11.8 Å². The third-order valence-electron chi connectivity index (χ3n) is 5.27. The molecule has 7 nitrogen and oxygen atoms in total. The summed E-state index contributed by atoms with van der Waals surface area (Å²) in [6.45, 7) is 0.484. The molecule has 0 radical (unpaired) electrons. The van der Waals surface area contributed by atoms with Crippen LogP contribution in [0.1, 0.15) is 15.9 Å². The number of carbonyl (C=O) groups is 2. The number of hydrogen-bond donors (Lipinski definition) is 2. The Balaban J connectivity index is 1.34. The predicted octanol–water partition coefficient (Wildman–Crippen LogP) is 4.32. The maximum absolute atomic E-state index is 14.1. The Morgan fingerprint density at radius 2 is 1.66 bits per heavy atom. The largest absolute Gasteiger partial charge is 0.352 e. The van der Waals surface area contributed by atoms with Crippen molar-refractivity contribution in [3.63, 3.8) is 0 Å². The van der Waals surface area contributed by atoms with Crippen molar-refractivity contribution in [1.82, 2.24) is 20.1 Å². The van der Waals surface area contributed by atoms with E-state index in [4.69, 9.17) is 0 Å². The summed E-state index contributed by atoms with van der Waals surface area (Å²) in [5.41, 5.74) is 2.29. The summed E-state index contributed by atoms with van der Waals surface area (Å²) in [6, 6.07) is 23.1. The number of nitrogens with one attached hydrogen (secondary N) is 2. The van der Waals surface area contributed by atoms with E-state index in [0.717, 1.165) is 5.56 Å². The molecular weight excluding hydrogens is 465 g/mol. The number of para-hydroxylation sites is 1. The van der Waals surface area contributed by atoms with E-state index in [2.05, 4.69) is 20.8 Å². The van der Waals surface area contributed by atoms with Crippen LogP contribution < -0.4 is 10.6 Å². The lowest BCUT2D eigenvalue weighted by molar-refractivity contribution is -0.113. The molecule has 0 spiro atoms. The average molecular weight is 490 g/mol. The molecular formula is C26H24FN5O2S. The van der Waals surface area contributed by atoms with Gasteiger partial charge in [0.1, 0.15) is 5.82 Å². The molecule has 9 heteroatoms. The average Bonchev–Trinajstić information content (AvgIpc) is 3.24. The lowest BCUT2D eigenvalue weighted by atomic mass is 10.1. The molecule has 3 aromatic carbocycles. The molecule has 0 atom stereocenters. The van der Waals surface area contributed by atoms with Gasteiger partial charge < -0.3 is 15.2 Å². The van der Waals surface area contributed by atoms with Gasteiger partial charge in [-0.15, -0.1) is 10.2 Å². The van der Waals surface area contributed by atoms with Crippen LogP contribution in [0.4, 0.5) is 10.1 Å². The zero-order chi connectivity index (χ0) is 24.6. The zero-order valence-corrected chi connectivity index (χ0v) is 19.9. The number of anilines is 1. The topological polar surface area (TPSA) is 88.9 Å². The first-order chi connectivity index (χ1) is 17.0. The first-order valence-electron chi connectivity index (χ1n) is 11.0. The molecule has 2 amide bonds. The number of nitrogens with zero attached hydrogens (tertiary/aromatic N) is 3. The number of halogens is 1. The van der Waals surface area contributed by atoms with Crippen LogP contribution in [-0.4, -0.2) is 38.9 Å². The standard InChI is InChI=1S/C26H24FN5O2S/c1-32-24(19-11-5-7-13-21(19)27)30-31-26(32)35-17-23(33)29-22-14-8-6-12-20(22)25(34)28-16-15-18-9-3-2-4-10-18/h2-14H,15-17H2,1H3,(H,28,34)(H,29,33). The van der Waals surface area contributed by atoms with Gasteiger partial charge in [0.15, 0.2) is 11.0 Å². The van der Waals surface area contributed by atoms with E-state index < -0.39 is 5.82 Å². The van der Waals surface area contributed by atoms with E-state index in [9.17, 15) is 14.0 Å². The SMILES string of the molecule is Cn1c(SCC(=O)Nc2ccccc2C(=O)NCCc2ccccc2)nnc1-c1ccccc1F. The highest BCUT2D eigenvalue weighted by Gasteiger charge is 2.17. The molecule has 1 aromatic heterocycles. The normalized spacial score (nSPS) is 10.7. The lowest BCUT2D eigenvalue weighted by Crippen LogP contribution is -2.27. The molecule has 0 saturated carbocycles. The number of thioether (sulfide) groups is 1. The van der Waals surface area contributed by atoms with Gasteiger partial charge >= 0.3 is 0 Å². The van der Waals surface area contributed by atoms with Gasteiger partial charge in [0.2, 0.25) is 5.91 Å². The summed E-state index contributed by atoms with van der Waals surface area (Å²) < 4.78 is 15.7. The van der Waals surface area contributed by atoms with Crippen LogP contribution in [0.2, 0.25) is 0 Å². The smallest absolute Gasteiger partial charge is 0.253 e. The molecule has 0 fully saturated rings. The summed E-state index contributed by atoms with van der Waals surface area (Å²) in [6.07, 6.45) is 0.713. The third kappa shape index (κ3) is 6.13. The van der Waals surface area contributed by atoms with Crippen molar-refractivity contribution >= 4 is 29.3 Å². The molecule has 0 unspecified atom stereocenters. The van der Waals surface area contributed by atoms with Crippen LogP contribution in [-0.2, 0) is 18.3 Å². The van der Waals surface area contributed by atoms with E-state index in [1.54, 1.807) is 54.1 Å². The quantitative estimate of drug-likeness (QED) is 0.342. The summed E-state index contributed by atoms with van der Waals surface area (Å²) >= 11 is 1.18. The van der Waals surface area contributed by atoms with Crippen LogP contribution in [0.3, 0.4) is 0 Å². The van der Waals surface area contributed by atoms with Gasteiger partial charge in [-0.2, -0.15) is 0 Å². The zero-order valence-electron chi connectivity index (χ0n) is 19.1. The highest BCUT2D eigenvalue weighted by Crippen LogP contribution is 2.25. The fraction of sp³-hybridized carbons (Fsp3) is 0.154. The molecule has 0 aliphatic carbocycles. The van der Waals surface area contributed by atoms with Crippen molar-refractivity contribution in [3.05, 3.63) is 95.8 Å². The molecule has 1 heterocycles. The van der Waals surface area contributed by atoms with Crippen molar-refractivity contribution in [1.29, 1.82) is 0 Å². The van der Waals surface area contributed by atoms with Crippen molar-refractivity contribution in [2.45, 2.75) is 11.6 Å². The predicted molar refractivity (Wildman–Crippen MR) is 135 cm³/mol.